The number of rotatable bonds is 7. The Bertz CT molecular complexity index is 1720. The molecule has 2 heterocycles. The maximum absolute atomic E-state index is 14.0. The van der Waals surface area contributed by atoms with Crippen molar-refractivity contribution >= 4 is 5.97 Å². The lowest BCUT2D eigenvalue weighted by molar-refractivity contribution is -0.160. The third-order valence-electron chi connectivity index (χ3n) is 4.27. The van der Waals surface area contributed by atoms with Crippen molar-refractivity contribution in [2.45, 2.75) is 64.7 Å². The Balaban J connectivity index is 2.66. The molecule has 0 saturated carbocycles. The van der Waals surface area contributed by atoms with Crippen LogP contribution in [0.25, 0.3) is 0 Å². The van der Waals surface area contributed by atoms with Crippen molar-refractivity contribution < 1.29 is 56.0 Å². The number of carbonyl (C=O) groups is 1. The summed E-state index contributed by atoms with van der Waals surface area (Å²) in [6.07, 6.45) is -15.2. The standard InChI is InChI=1S/C24H38N2O4/c1-14(2)9-17-13-26-8-7-16-10-21(28-5)22(29-6)11-18(16)19(26)12-20(17)30-24(27)23(25)15(3)4/h10-11,14-15,17,19-20,23H,7-9,12-13,25H2,1-6H3/t17?,19?,20?,23-/m0/s1/i1D3,2D3,3D3,4D3,5D3,9D2,12D2,13D2,14D,15D,17D,19D,20D,23D. The van der Waals surface area contributed by atoms with E-state index in [9.17, 15) is 14.4 Å². The lowest BCUT2D eigenvalue weighted by Crippen LogP contribution is -2.51. The van der Waals surface area contributed by atoms with Gasteiger partial charge in [-0.05, 0) is 47.8 Å². The highest BCUT2D eigenvalue weighted by Gasteiger charge is 2.41. The molecular weight excluding hydrogens is 380 g/mol. The first-order chi connectivity index (χ1) is 24.7. The summed E-state index contributed by atoms with van der Waals surface area (Å²) in [6, 6.07) is -6.66. The van der Waals surface area contributed by atoms with Gasteiger partial charge in [0.15, 0.2) is 11.5 Å². The van der Waals surface area contributed by atoms with Gasteiger partial charge in [0.1, 0.15) is 12.1 Å². The zero-order valence-corrected chi connectivity index (χ0v) is 15.7. The van der Waals surface area contributed by atoms with Gasteiger partial charge in [0.2, 0.25) is 0 Å². The molecular formula is C24H38N2O4. The molecule has 1 fully saturated rings. The second kappa shape index (κ2) is 9.56. The van der Waals surface area contributed by atoms with Crippen LogP contribution in [-0.2, 0) is 16.0 Å². The molecule has 6 nitrogen and oxygen atoms in total. The van der Waals surface area contributed by atoms with E-state index in [1.54, 1.807) is 0 Å². The van der Waals surface area contributed by atoms with Crippen LogP contribution in [0.2, 0.25) is 0 Å². The summed E-state index contributed by atoms with van der Waals surface area (Å²) in [6.45, 7) is -22.9. The number of nitrogens with zero attached hydrogens (tertiary/aromatic N) is 1. The lowest BCUT2D eigenvalue weighted by atomic mass is 9.79. The zero-order valence-electron chi connectivity index (χ0n) is 42.7. The number of piperidine rings is 1. The second-order valence-electron chi connectivity index (χ2n) is 6.13. The number of benzene rings is 1. The molecule has 2 aliphatic heterocycles. The molecule has 0 amide bonds. The predicted octanol–water partition coefficient (Wildman–Crippen LogP) is 3.56. The van der Waals surface area contributed by atoms with Crippen LogP contribution in [-0.4, -0.2) is 50.2 Å². The maximum Gasteiger partial charge on any atom is 0.323 e. The van der Waals surface area contributed by atoms with Crippen molar-refractivity contribution in [1.82, 2.24) is 4.90 Å². The number of carbonyl (C=O) groups excluding carboxylic acids is 1. The zero-order chi connectivity index (χ0) is 45.4. The lowest BCUT2D eigenvalue weighted by Gasteiger charge is -2.47. The molecule has 3 unspecified atom stereocenters. The summed E-state index contributed by atoms with van der Waals surface area (Å²) in [5.74, 6) is -18.4. The molecule has 6 heteroatoms. The fraction of sp³-hybridized carbons (Fsp3) is 0.708. The predicted molar refractivity (Wildman–Crippen MR) is 118 cm³/mol. The van der Waals surface area contributed by atoms with Gasteiger partial charge >= 0.3 is 5.97 Å². The van der Waals surface area contributed by atoms with E-state index < -0.39 is 125 Å². The number of esters is 1. The minimum atomic E-state index is -5.06. The van der Waals surface area contributed by atoms with Gasteiger partial charge in [0, 0.05) is 60.1 Å². The number of hydrogen-bond donors (Lipinski definition) is 1. The number of fused-ring (bicyclic) bond motifs is 3. The molecule has 0 bridgehead atoms. The van der Waals surface area contributed by atoms with E-state index in [1.807, 2.05) is 0 Å². The summed E-state index contributed by atoms with van der Waals surface area (Å²) in [5, 5.41) is 0. The minimum Gasteiger partial charge on any atom is -0.493 e. The Hall–Kier alpha value is -1.79. The van der Waals surface area contributed by atoms with Crippen LogP contribution in [0.1, 0.15) is 94.3 Å². The molecule has 30 heavy (non-hydrogen) atoms. The van der Waals surface area contributed by atoms with Gasteiger partial charge in [0.05, 0.1) is 22.4 Å². The van der Waals surface area contributed by atoms with E-state index in [1.165, 1.54) is 0 Å². The summed E-state index contributed by atoms with van der Waals surface area (Å²) < 4.78 is 240. The van der Waals surface area contributed by atoms with Crippen LogP contribution < -0.4 is 15.2 Å². The van der Waals surface area contributed by atoms with Gasteiger partial charge in [-0.3, -0.25) is 9.69 Å². The fourth-order valence-electron chi connectivity index (χ4n) is 2.90. The monoisotopic (exact) mass is 445 g/mol. The number of hydrogen-bond acceptors (Lipinski definition) is 6. The third kappa shape index (κ3) is 4.75. The topological polar surface area (TPSA) is 74.0 Å². The van der Waals surface area contributed by atoms with Crippen LogP contribution in [0.5, 0.6) is 11.5 Å². The van der Waals surface area contributed by atoms with Gasteiger partial charge in [0.25, 0.3) is 0 Å². The van der Waals surface area contributed by atoms with Crippen LogP contribution in [0.3, 0.4) is 0 Å². The quantitative estimate of drug-likeness (QED) is 0.647. The Labute approximate surface area is 219 Å². The molecule has 0 radical (unpaired) electrons. The average molecular weight is 446 g/mol. The first-order valence-corrected chi connectivity index (χ1v) is 8.44. The van der Waals surface area contributed by atoms with Gasteiger partial charge in [-0.2, -0.15) is 0 Å². The molecule has 2 aliphatic rings. The smallest absolute Gasteiger partial charge is 0.323 e. The normalized spacial score (nSPS) is 53.2. The highest BCUT2D eigenvalue weighted by Crippen LogP contribution is 2.44. The Morgan fingerprint density at radius 3 is 2.90 bits per heavy atom. The molecule has 0 aliphatic carbocycles. The first kappa shape index (κ1) is 6.38. The number of ether oxygens (including phenoxy) is 3. The summed E-state index contributed by atoms with van der Waals surface area (Å²) in [7, 11) is -2.20. The number of nitrogens with two attached hydrogens (primary N) is 1. The van der Waals surface area contributed by atoms with Gasteiger partial charge in [-0.1, -0.05) is 27.4 Å². The second-order valence-corrected chi connectivity index (χ2v) is 6.13. The minimum absolute atomic E-state index is 0.0209. The van der Waals surface area contributed by atoms with Gasteiger partial charge in [-0.15, -0.1) is 0 Å². The summed E-state index contributed by atoms with van der Waals surface area (Å²) in [4.78, 5) is 14.0. The fourth-order valence-corrected chi connectivity index (χ4v) is 2.90. The maximum atomic E-state index is 14.0. The van der Waals surface area contributed by atoms with Gasteiger partial charge < -0.3 is 19.9 Å². The summed E-state index contributed by atoms with van der Waals surface area (Å²) in [5.41, 5.74) is 4.51. The Morgan fingerprint density at radius 2 is 2.20 bits per heavy atom. The molecule has 4 atom stereocenters. The van der Waals surface area contributed by atoms with E-state index in [4.69, 9.17) is 47.4 Å². The highest BCUT2D eigenvalue weighted by atomic mass is 16.5. The van der Waals surface area contributed by atoms with Crippen LogP contribution >= 0.6 is 0 Å². The molecule has 1 saturated heterocycles. The molecule has 0 spiro atoms. The van der Waals surface area contributed by atoms with Crippen molar-refractivity contribution in [3.05, 3.63) is 23.3 Å². The highest BCUT2D eigenvalue weighted by molar-refractivity contribution is 5.76. The van der Waals surface area contributed by atoms with Crippen molar-refractivity contribution in [2.75, 3.05) is 27.2 Å². The number of methoxy groups -OCH3 is 2. The van der Waals surface area contributed by atoms with Gasteiger partial charge in [-0.25, -0.2) is 0 Å². The van der Waals surface area contributed by atoms with E-state index in [0.717, 1.165) is 13.2 Å². The average Bonchev–Trinajstić information content (AvgIpc) is 2.99. The van der Waals surface area contributed by atoms with E-state index in [0.29, 0.717) is 6.07 Å². The van der Waals surface area contributed by atoms with Crippen molar-refractivity contribution in [3.63, 3.8) is 0 Å². The molecule has 2 N–H and O–H groups in total. The SMILES string of the molecule is [2H]C([2H])([2H])Oc1cc2c(cc1OC)C1([2H])N(CC2)C([2H])([2H])C([2H])(C([2H])([2H])C([2H])(C([2H])([2H])[2H])C([2H])([2H])[2H])C([2H])(OC(=O)[C@@]([2H])(N)C([2H])(C([2H])([2H])[2H])C([2H])([2H])[2H])C1([2H])[2H]. The van der Waals surface area contributed by atoms with Crippen molar-refractivity contribution in [2.24, 2.45) is 23.4 Å². The summed E-state index contributed by atoms with van der Waals surface area (Å²) >= 11 is 0. The molecule has 3 rings (SSSR count). The Kier molecular flexibility index (Phi) is 2.03. The molecule has 1 aromatic rings. The van der Waals surface area contributed by atoms with E-state index in [2.05, 4.69) is 0 Å². The van der Waals surface area contributed by atoms with E-state index >= 15 is 0 Å². The molecule has 168 valence electrons. The van der Waals surface area contributed by atoms with Crippen LogP contribution in [0.4, 0.5) is 0 Å². The van der Waals surface area contributed by atoms with Crippen LogP contribution in [0, 0.1) is 17.7 Å². The van der Waals surface area contributed by atoms with Crippen molar-refractivity contribution in [3.8, 4) is 11.5 Å². The largest absolute Gasteiger partial charge is 0.493 e. The van der Waals surface area contributed by atoms with Crippen molar-refractivity contribution in [1.29, 1.82) is 0 Å². The molecule has 1 aromatic carbocycles. The molecule has 0 aromatic heterocycles. The first-order valence-electron chi connectivity index (χ1n) is 21.9. The van der Waals surface area contributed by atoms with E-state index in [-0.39, 0.29) is 10.5 Å². The third-order valence-corrected chi connectivity index (χ3v) is 4.27. The van der Waals surface area contributed by atoms with Crippen LogP contribution in [0.15, 0.2) is 12.1 Å². The Morgan fingerprint density at radius 1 is 1.40 bits per heavy atom.